The number of benzene rings is 2. The number of carbonyl (C=O) groups is 2. The Hall–Kier alpha value is -3.67. The number of methoxy groups -OCH3 is 1. The van der Waals surface area contributed by atoms with Crippen LogP contribution in [0, 0.1) is 17.0 Å². The fourth-order valence-corrected chi connectivity index (χ4v) is 4.46. The van der Waals surface area contributed by atoms with E-state index in [1.165, 1.54) is 24.1 Å². The third-order valence-electron chi connectivity index (χ3n) is 5.53. The summed E-state index contributed by atoms with van der Waals surface area (Å²) < 4.78 is 31.5. The van der Waals surface area contributed by atoms with Crippen LogP contribution < -0.4 is 14.4 Å². The molecule has 1 atom stereocenters. The van der Waals surface area contributed by atoms with E-state index in [0.717, 1.165) is 16.6 Å². The Morgan fingerprint density at radius 2 is 1.73 bits per heavy atom. The lowest BCUT2D eigenvalue weighted by molar-refractivity contribution is -0.384. The molecular formula is C25H34N4O7S. The summed E-state index contributed by atoms with van der Waals surface area (Å²) >= 11 is 0. The van der Waals surface area contributed by atoms with Crippen molar-refractivity contribution in [2.75, 3.05) is 24.2 Å². The number of nitro groups is 1. The van der Waals surface area contributed by atoms with Gasteiger partial charge >= 0.3 is 0 Å². The number of nitro benzene ring substituents is 1. The molecule has 0 saturated carbocycles. The molecule has 0 radical (unpaired) electrons. The number of sulfonamides is 1. The van der Waals surface area contributed by atoms with E-state index >= 15 is 0 Å². The number of carbonyl (C=O) groups excluding carboxylic acids is 2. The first-order valence-corrected chi connectivity index (χ1v) is 13.4. The minimum Gasteiger partial charge on any atom is -0.497 e. The first-order valence-electron chi connectivity index (χ1n) is 11.5. The van der Waals surface area contributed by atoms with Crippen LogP contribution in [0.15, 0.2) is 42.5 Å². The normalized spacial score (nSPS) is 12.4. The van der Waals surface area contributed by atoms with Crippen molar-refractivity contribution >= 4 is 33.2 Å². The number of amides is 2. The lowest BCUT2D eigenvalue weighted by Gasteiger charge is -2.33. The average Bonchev–Trinajstić information content (AvgIpc) is 2.79. The number of aryl methyl sites for hydroxylation is 1. The van der Waals surface area contributed by atoms with Crippen LogP contribution in [-0.2, 0) is 26.2 Å². The first-order chi connectivity index (χ1) is 17.0. The van der Waals surface area contributed by atoms with Gasteiger partial charge in [0, 0.05) is 24.2 Å². The number of ether oxygens (including phenoxy) is 1. The zero-order chi connectivity index (χ0) is 28.1. The van der Waals surface area contributed by atoms with Crippen LogP contribution in [0.4, 0.5) is 11.4 Å². The summed E-state index contributed by atoms with van der Waals surface area (Å²) in [4.78, 5) is 38.6. The van der Waals surface area contributed by atoms with Gasteiger partial charge in [0.1, 0.15) is 18.3 Å². The van der Waals surface area contributed by atoms with Crippen molar-refractivity contribution in [1.29, 1.82) is 0 Å². The van der Waals surface area contributed by atoms with E-state index in [1.54, 1.807) is 38.1 Å². The Morgan fingerprint density at radius 1 is 1.14 bits per heavy atom. The fourth-order valence-electron chi connectivity index (χ4n) is 3.56. The molecule has 0 spiro atoms. The standard InChI is InChI=1S/C25H34N4O7S/c1-17-8-11-20(29(32)33)14-22(17)28(37(7,34)35)16-23(30)27(18(2)24(31)26-25(3,4)5)15-19-9-12-21(36-6)13-10-19/h8-14,18H,15-16H2,1-7H3,(H,26,31). The zero-order valence-corrected chi connectivity index (χ0v) is 23.0. The second-order valence-corrected chi connectivity index (χ2v) is 11.7. The molecule has 2 rings (SSSR count). The SMILES string of the molecule is COc1ccc(CN(C(=O)CN(c2cc([N+](=O)[O-])ccc2C)S(C)(=O)=O)C(C)C(=O)NC(C)(C)C)cc1. The number of hydrogen-bond acceptors (Lipinski definition) is 7. The molecule has 1 unspecified atom stereocenters. The molecule has 2 aromatic rings. The van der Waals surface area contributed by atoms with Crippen molar-refractivity contribution in [3.8, 4) is 5.75 Å². The quantitative estimate of drug-likeness (QED) is 0.365. The summed E-state index contributed by atoms with van der Waals surface area (Å²) in [6, 6.07) is 9.77. The summed E-state index contributed by atoms with van der Waals surface area (Å²) in [5.41, 5.74) is 0.279. The number of nitrogens with one attached hydrogen (secondary N) is 1. The van der Waals surface area contributed by atoms with Crippen LogP contribution in [0.1, 0.15) is 38.8 Å². The summed E-state index contributed by atoms with van der Waals surface area (Å²) in [6.07, 6.45) is 0.919. The van der Waals surface area contributed by atoms with Crippen molar-refractivity contribution < 1.29 is 27.7 Å². The lowest BCUT2D eigenvalue weighted by Crippen LogP contribution is -2.54. The first kappa shape index (κ1) is 29.6. The van der Waals surface area contributed by atoms with E-state index in [-0.39, 0.29) is 17.9 Å². The molecule has 202 valence electrons. The molecule has 0 fully saturated rings. The van der Waals surface area contributed by atoms with E-state index < -0.39 is 44.9 Å². The van der Waals surface area contributed by atoms with E-state index in [4.69, 9.17) is 4.74 Å². The summed E-state index contributed by atoms with van der Waals surface area (Å²) in [6.45, 7) is 7.95. The Morgan fingerprint density at radius 3 is 2.22 bits per heavy atom. The fraction of sp³-hybridized carbons (Fsp3) is 0.440. The molecule has 0 heterocycles. The highest BCUT2D eigenvalue weighted by Gasteiger charge is 2.32. The van der Waals surface area contributed by atoms with Gasteiger partial charge in [-0.3, -0.25) is 24.0 Å². The highest BCUT2D eigenvalue weighted by Crippen LogP contribution is 2.28. The van der Waals surface area contributed by atoms with Gasteiger partial charge in [-0.15, -0.1) is 0 Å². The van der Waals surface area contributed by atoms with E-state index in [2.05, 4.69) is 5.32 Å². The highest BCUT2D eigenvalue weighted by atomic mass is 32.2. The summed E-state index contributed by atoms with van der Waals surface area (Å²) in [5, 5.41) is 14.1. The third-order valence-corrected chi connectivity index (χ3v) is 6.66. The van der Waals surface area contributed by atoms with E-state index in [0.29, 0.717) is 16.9 Å². The van der Waals surface area contributed by atoms with Crippen LogP contribution >= 0.6 is 0 Å². The minimum absolute atomic E-state index is 0.0150. The number of hydrogen-bond donors (Lipinski definition) is 1. The van der Waals surface area contributed by atoms with Crippen LogP contribution in [0.3, 0.4) is 0 Å². The maximum Gasteiger partial charge on any atom is 0.271 e. The van der Waals surface area contributed by atoms with Gasteiger partial charge in [-0.05, 0) is 57.9 Å². The smallest absolute Gasteiger partial charge is 0.271 e. The maximum absolute atomic E-state index is 13.6. The molecule has 0 aliphatic carbocycles. The van der Waals surface area contributed by atoms with Gasteiger partial charge in [0.15, 0.2) is 0 Å². The number of anilines is 1. The molecule has 37 heavy (non-hydrogen) atoms. The minimum atomic E-state index is -4.02. The Labute approximate surface area is 217 Å². The van der Waals surface area contributed by atoms with Gasteiger partial charge in [-0.25, -0.2) is 8.42 Å². The third kappa shape index (κ3) is 8.17. The molecule has 11 nitrogen and oxygen atoms in total. The zero-order valence-electron chi connectivity index (χ0n) is 22.1. The maximum atomic E-state index is 13.6. The van der Waals surface area contributed by atoms with Gasteiger partial charge in [0.25, 0.3) is 5.69 Å². The molecule has 2 aromatic carbocycles. The van der Waals surface area contributed by atoms with Crippen LogP contribution in [0.25, 0.3) is 0 Å². The largest absolute Gasteiger partial charge is 0.497 e. The predicted molar refractivity (Wildman–Crippen MR) is 141 cm³/mol. The molecule has 0 bridgehead atoms. The molecule has 2 amide bonds. The molecule has 1 N–H and O–H groups in total. The molecule has 0 saturated heterocycles. The van der Waals surface area contributed by atoms with Crippen molar-refractivity contribution in [2.24, 2.45) is 0 Å². The molecule has 0 aliphatic rings. The van der Waals surface area contributed by atoms with Crippen LogP contribution in [0.5, 0.6) is 5.75 Å². The number of nitrogens with zero attached hydrogens (tertiary/aromatic N) is 3. The summed E-state index contributed by atoms with van der Waals surface area (Å²) in [5.74, 6) is -0.444. The summed E-state index contributed by atoms with van der Waals surface area (Å²) in [7, 11) is -2.49. The molecule has 0 aromatic heterocycles. The van der Waals surface area contributed by atoms with Crippen molar-refractivity contribution in [3.05, 3.63) is 63.7 Å². The second-order valence-electron chi connectivity index (χ2n) is 9.78. The Bertz CT molecular complexity index is 1250. The number of non-ortho nitro benzene ring substituents is 1. The van der Waals surface area contributed by atoms with Gasteiger partial charge < -0.3 is 15.0 Å². The van der Waals surface area contributed by atoms with Gasteiger partial charge in [0.2, 0.25) is 21.8 Å². The average molecular weight is 535 g/mol. The Kier molecular flexibility index (Phi) is 9.26. The lowest BCUT2D eigenvalue weighted by atomic mass is 10.1. The monoisotopic (exact) mass is 534 g/mol. The van der Waals surface area contributed by atoms with Crippen LogP contribution in [0.2, 0.25) is 0 Å². The van der Waals surface area contributed by atoms with Gasteiger partial charge in [-0.1, -0.05) is 18.2 Å². The molecular weight excluding hydrogens is 500 g/mol. The predicted octanol–water partition coefficient (Wildman–Crippen LogP) is 3.01. The van der Waals surface area contributed by atoms with Gasteiger partial charge in [0.05, 0.1) is 24.0 Å². The number of rotatable bonds is 10. The highest BCUT2D eigenvalue weighted by molar-refractivity contribution is 7.92. The Balaban J connectivity index is 2.49. The van der Waals surface area contributed by atoms with Crippen molar-refractivity contribution in [2.45, 2.75) is 52.7 Å². The van der Waals surface area contributed by atoms with E-state index in [1.807, 2.05) is 20.8 Å². The molecule has 0 aliphatic heterocycles. The van der Waals surface area contributed by atoms with Gasteiger partial charge in [-0.2, -0.15) is 0 Å². The second kappa shape index (κ2) is 11.6. The van der Waals surface area contributed by atoms with Crippen LogP contribution in [-0.4, -0.2) is 61.5 Å². The topological polar surface area (TPSA) is 139 Å². The molecule has 12 heteroatoms. The van der Waals surface area contributed by atoms with Crippen molar-refractivity contribution in [3.63, 3.8) is 0 Å². The van der Waals surface area contributed by atoms with E-state index in [9.17, 15) is 28.1 Å². The van der Waals surface area contributed by atoms with Crippen molar-refractivity contribution in [1.82, 2.24) is 10.2 Å².